The number of nitrogens with two attached hydrogens (primary N) is 2. The zero-order valence-corrected chi connectivity index (χ0v) is 15.9. The maximum absolute atomic E-state index is 10.5. The van der Waals surface area contributed by atoms with Crippen LogP contribution in [0.1, 0.15) is 0 Å². The molecule has 0 fully saturated rings. The van der Waals surface area contributed by atoms with Crippen molar-refractivity contribution in [3.8, 4) is 5.75 Å². The van der Waals surface area contributed by atoms with Gasteiger partial charge in [0.1, 0.15) is 10.0 Å². The first-order chi connectivity index (χ1) is 10.3. The predicted molar refractivity (Wildman–Crippen MR) is 94.3 cm³/mol. The quantitative estimate of drug-likeness (QED) is 0.237. The van der Waals surface area contributed by atoms with Crippen molar-refractivity contribution in [2.45, 2.75) is 0 Å². The predicted octanol–water partition coefficient (Wildman–Crippen LogP) is 3.21. The van der Waals surface area contributed by atoms with Gasteiger partial charge in [-0.25, -0.2) is 4.57 Å². The molecular formula is C10H15Cl5N3O3P. The van der Waals surface area contributed by atoms with Crippen LogP contribution in [-0.4, -0.2) is 31.1 Å². The first-order valence-corrected chi connectivity index (χ1v) is 8.96. The fourth-order valence-corrected chi connectivity index (χ4v) is 2.80. The largest absolute Gasteiger partial charge is 0.423 e. The van der Waals surface area contributed by atoms with Crippen molar-refractivity contribution in [1.29, 1.82) is 0 Å². The van der Waals surface area contributed by atoms with Gasteiger partial charge < -0.3 is 26.2 Å². The molecule has 1 unspecified atom stereocenters. The molecule has 0 amide bonds. The third-order valence-corrected chi connectivity index (χ3v) is 4.62. The summed E-state index contributed by atoms with van der Waals surface area (Å²) in [6, 6.07) is 0. The van der Waals surface area contributed by atoms with Crippen LogP contribution < -0.4 is 21.3 Å². The summed E-state index contributed by atoms with van der Waals surface area (Å²) in [6.45, 7) is 3.13. The van der Waals surface area contributed by atoms with Crippen molar-refractivity contribution < 1.29 is 14.0 Å². The Kier molecular flexibility index (Phi) is 12.3. The number of halogens is 5. The lowest BCUT2D eigenvalue weighted by Gasteiger charge is -2.11. The van der Waals surface area contributed by atoms with Crippen molar-refractivity contribution in [2.75, 3.05) is 26.2 Å². The first-order valence-electron chi connectivity index (χ1n) is 5.80. The minimum atomic E-state index is -3.26. The maximum Gasteiger partial charge on any atom is 0.365 e. The second-order valence-electron chi connectivity index (χ2n) is 3.59. The molecule has 128 valence electrons. The fourth-order valence-electron chi connectivity index (χ4n) is 1.09. The van der Waals surface area contributed by atoms with E-state index in [4.69, 9.17) is 74.4 Å². The molecule has 0 heterocycles. The van der Waals surface area contributed by atoms with Gasteiger partial charge in [-0.2, -0.15) is 0 Å². The van der Waals surface area contributed by atoms with Gasteiger partial charge in [-0.15, -0.1) is 0 Å². The van der Waals surface area contributed by atoms with Crippen LogP contribution in [0.5, 0.6) is 5.75 Å². The van der Waals surface area contributed by atoms with Gasteiger partial charge in [0.25, 0.3) is 0 Å². The zero-order chi connectivity index (χ0) is 17.3. The lowest BCUT2D eigenvalue weighted by Crippen LogP contribution is -2.27. The molecule has 6 nitrogen and oxygen atoms in total. The van der Waals surface area contributed by atoms with E-state index in [0.717, 1.165) is 13.1 Å². The number of hydrogen-bond acceptors (Lipinski definition) is 5. The summed E-state index contributed by atoms with van der Waals surface area (Å²) in [7, 11) is -3.26. The Morgan fingerprint density at radius 1 is 0.909 bits per heavy atom. The lowest BCUT2D eigenvalue weighted by atomic mass is 10.3. The summed E-state index contributed by atoms with van der Waals surface area (Å²) in [5, 5.41) is 2.48. The molecule has 22 heavy (non-hydrogen) atoms. The molecule has 1 aromatic carbocycles. The molecule has 1 rings (SSSR count). The van der Waals surface area contributed by atoms with E-state index in [1.807, 2.05) is 0 Å². The molecule has 0 radical (unpaired) electrons. The van der Waals surface area contributed by atoms with Crippen LogP contribution in [0.2, 0.25) is 25.1 Å². The molecule has 0 bridgehead atoms. The molecule has 0 aliphatic rings. The van der Waals surface area contributed by atoms with Crippen LogP contribution in [0.4, 0.5) is 0 Å². The average Bonchev–Trinajstić information content (AvgIpc) is 2.48. The van der Waals surface area contributed by atoms with Crippen molar-refractivity contribution in [3.05, 3.63) is 25.1 Å². The van der Waals surface area contributed by atoms with Gasteiger partial charge in [0.2, 0.25) is 0 Å². The van der Waals surface area contributed by atoms with Gasteiger partial charge in [-0.1, -0.05) is 58.0 Å². The summed E-state index contributed by atoms with van der Waals surface area (Å²) >= 11 is 28.4. The first kappa shape index (κ1) is 22.5. The molecule has 0 aliphatic heterocycles. The Morgan fingerprint density at radius 3 is 1.59 bits per heavy atom. The van der Waals surface area contributed by atoms with Crippen LogP contribution in [0, 0.1) is 0 Å². The highest BCUT2D eigenvalue weighted by atomic mass is 35.5. The summed E-state index contributed by atoms with van der Waals surface area (Å²) in [6.07, 6.45) is 0. The Morgan fingerprint density at radius 2 is 1.27 bits per heavy atom. The molecule has 0 spiro atoms. The number of hydrogen-bond donors (Lipinski definition) is 4. The minimum Gasteiger partial charge on any atom is -0.423 e. The fraction of sp³-hybridized carbons (Fsp3) is 0.400. The Balaban J connectivity index is 0.000000534. The van der Waals surface area contributed by atoms with Crippen molar-refractivity contribution >= 4 is 66.3 Å². The summed E-state index contributed by atoms with van der Waals surface area (Å²) in [5.74, 6) is -0.260. The van der Waals surface area contributed by atoms with Gasteiger partial charge >= 0.3 is 8.25 Å². The van der Waals surface area contributed by atoms with E-state index < -0.39 is 8.25 Å². The SMILES string of the molecule is NCCNCCN.O=[PH](O)Oc1c(Cl)c(Cl)c(Cl)c(Cl)c1Cl. The van der Waals surface area contributed by atoms with Gasteiger partial charge in [0.15, 0.2) is 5.75 Å². The van der Waals surface area contributed by atoms with Crippen molar-refractivity contribution in [3.63, 3.8) is 0 Å². The zero-order valence-electron chi connectivity index (χ0n) is 11.1. The third-order valence-electron chi connectivity index (χ3n) is 2.00. The number of benzene rings is 1. The highest BCUT2D eigenvalue weighted by Gasteiger charge is 2.21. The second-order valence-corrected chi connectivity index (χ2v) is 6.22. The summed E-state index contributed by atoms with van der Waals surface area (Å²) in [5.41, 5.74) is 10.3. The normalized spacial score (nSPS) is 11.6. The molecule has 0 saturated carbocycles. The van der Waals surface area contributed by atoms with Crippen LogP contribution in [-0.2, 0) is 4.57 Å². The van der Waals surface area contributed by atoms with Crippen LogP contribution in [0.3, 0.4) is 0 Å². The van der Waals surface area contributed by atoms with E-state index in [-0.39, 0.29) is 30.9 Å². The third kappa shape index (κ3) is 7.41. The van der Waals surface area contributed by atoms with E-state index in [0.29, 0.717) is 13.1 Å². The Hall–Kier alpha value is 0.540. The number of rotatable bonds is 6. The standard InChI is InChI=1S/C6H2Cl5O3P.C4H13N3/c7-1-2(8)4(10)6(14-15(12)13)5(11)3(1)9;5-1-3-7-4-2-6/h15H,(H,12,13);7H,1-6H2. The Labute approximate surface area is 153 Å². The Bertz CT molecular complexity index is 488. The van der Waals surface area contributed by atoms with Crippen molar-refractivity contribution in [2.24, 2.45) is 11.5 Å². The van der Waals surface area contributed by atoms with E-state index in [2.05, 4.69) is 9.84 Å². The molecule has 0 saturated heterocycles. The second kappa shape index (κ2) is 12.0. The van der Waals surface area contributed by atoms with E-state index in [9.17, 15) is 4.57 Å². The van der Waals surface area contributed by atoms with Gasteiger partial charge in [0.05, 0.1) is 15.1 Å². The molecule has 6 N–H and O–H groups in total. The highest BCUT2D eigenvalue weighted by Crippen LogP contribution is 2.49. The average molecular weight is 433 g/mol. The molecular weight excluding hydrogens is 418 g/mol. The van der Waals surface area contributed by atoms with Crippen LogP contribution >= 0.6 is 66.3 Å². The van der Waals surface area contributed by atoms with Gasteiger partial charge in [0, 0.05) is 26.2 Å². The minimum absolute atomic E-state index is 0.0432. The van der Waals surface area contributed by atoms with Gasteiger partial charge in [-0.3, -0.25) is 0 Å². The topological polar surface area (TPSA) is 111 Å². The monoisotopic (exact) mass is 431 g/mol. The number of nitrogens with one attached hydrogen (secondary N) is 1. The lowest BCUT2D eigenvalue weighted by molar-refractivity contribution is 0.410. The molecule has 1 atom stereocenters. The molecule has 0 aliphatic carbocycles. The van der Waals surface area contributed by atoms with Crippen LogP contribution in [0.15, 0.2) is 0 Å². The van der Waals surface area contributed by atoms with E-state index in [1.165, 1.54) is 0 Å². The van der Waals surface area contributed by atoms with Gasteiger partial charge in [-0.05, 0) is 0 Å². The van der Waals surface area contributed by atoms with Crippen molar-refractivity contribution in [1.82, 2.24) is 5.32 Å². The molecule has 0 aromatic heterocycles. The van der Waals surface area contributed by atoms with E-state index >= 15 is 0 Å². The highest BCUT2D eigenvalue weighted by molar-refractivity contribution is 7.32. The van der Waals surface area contributed by atoms with E-state index in [1.54, 1.807) is 0 Å². The molecule has 12 heteroatoms. The van der Waals surface area contributed by atoms with Crippen LogP contribution in [0.25, 0.3) is 0 Å². The summed E-state index contributed by atoms with van der Waals surface area (Å²) in [4.78, 5) is 8.59. The summed E-state index contributed by atoms with van der Waals surface area (Å²) < 4.78 is 15.0. The molecule has 1 aromatic rings. The smallest absolute Gasteiger partial charge is 0.365 e. The maximum atomic E-state index is 10.5.